The van der Waals surface area contributed by atoms with Crippen LogP contribution in [-0.2, 0) is 16.1 Å². The Morgan fingerprint density at radius 1 is 1.10 bits per heavy atom. The minimum atomic E-state index is -0.832. The molecule has 0 bridgehead atoms. The largest absolute Gasteiger partial charge is 0.368 e. The molecule has 2 aromatic carbocycles. The highest BCUT2D eigenvalue weighted by Crippen LogP contribution is 2.24. The lowest BCUT2D eigenvalue weighted by atomic mass is 9.91. The molecule has 156 valence electrons. The van der Waals surface area contributed by atoms with Gasteiger partial charge in [0.1, 0.15) is 11.4 Å². The fourth-order valence-corrected chi connectivity index (χ4v) is 3.22. The van der Waals surface area contributed by atoms with E-state index in [1.807, 2.05) is 0 Å². The molecule has 1 saturated heterocycles. The van der Waals surface area contributed by atoms with Gasteiger partial charge in [0.25, 0.3) is 11.8 Å². The molecule has 0 unspecified atom stereocenters. The van der Waals surface area contributed by atoms with Crippen LogP contribution in [0.3, 0.4) is 0 Å². The predicted molar refractivity (Wildman–Crippen MR) is 112 cm³/mol. The number of nitrogens with one attached hydrogen (secondary N) is 3. The van der Waals surface area contributed by atoms with Gasteiger partial charge in [0.15, 0.2) is 0 Å². The van der Waals surface area contributed by atoms with Crippen molar-refractivity contribution in [2.75, 3.05) is 25.5 Å². The molecule has 3 N–H and O–H groups in total. The van der Waals surface area contributed by atoms with Gasteiger partial charge in [-0.1, -0.05) is 18.2 Å². The lowest BCUT2D eigenvalue weighted by Gasteiger charge is -2.34. The second-order valence-electron chi connectivity index (χ2n) is 6.75. The van der Waals surface area contributed by atoms with Crippen molar-refractivity contribution in [3.8, 4) is 0 Å². The Hall–Kier alpha value is -2.48. The Balaban J connectivity index is 0.00000300. The van der Waals surface area contributed by atoms with Crippen molar-refractivity contribution in [3.63, 3.8) is 0 Å². The number of rotatable bonds is 6. The van der Waals surface area contributed by atoms with Crippen LogP contribution in [-0.4, -0.2) is 37.6 Å². The Bertz CT molecular complexity index is 839. The molecule has 8 heteroatoms. The number of hydrogen-bond acceptors (Lipinski definition) is 4. The topological polar surface area (TPSA) is 79.5 Å². The van der Waals surface area contributed by atoms with Gasteiger partial charge in [0, 0.05) is 30.5 Å². The molecule has 2 amide bonds. The monoisotopic (exact) mass is 421 g/mol. The number of carbonyl (C=O) groups excluding carboxylic acids is 2. The van der Waals surface area contributed by atoms with Crippen LogP contribution in [0.2, 0.25) is 0 Å². The normalized spacial score (nSPS) is 15.1. The number of methoxy groups -OCH3 is 1. The maximum Gasteiger partial charge on any atom is 0.256 e. The van der Waals surface area contributed by atoms with Gasteiger partial charge in [-0.2, -0.15) is 0 Å². The molecule has 1 heterocycles. The van der Waals surface area contributed by atoms with Crippen LogP contribution in [0.5, 0.6) is 0 Å². The fourth-order valence-electron chi connectivity index (χ4n) is 3.22. The van der Waals surface area contributed by atoms with Gasteiger partial charge >= 0.3 is 0 Å². The van der Waals surface area contributed by atoms with Crippen LogP contribution in [0.4, 0.5) is 10.1 Å². The molecular formula is C21H25ClFN3O3. The van der Waals surface area contributed by atoms with Crippen molar-refractivity contribution in [1.82, 2.24) is 10.6 Å². The third-order valence-corrected chi connectivity index (χ3v) is 5.02. The second kappa shape index (κ2) is 10.3. The van der Waals surface area contributed by atoms with Crippen LogP contribution < -0.4 is 16.0 Å². The van der Waals surface area contributed by atoms with E-state index >= 15 is 0 Å². The summed E-state index contributed by atoms with van der Waals surface area (Å²) < 4.78 is 19.1. The number of anilines is 1. The molecule has 0 atom stereocenters. The van der Waals surface area contributed by atoms with E-state index in [9.17, 15) is 14.0 Å². The van der Waals surface area contributed by atoms with E-state index in [2.05, 4.69) is 16.0 Å². The number of hydrogen-bond donors (Lipinski definition) is 3. The molecule has 1 aliphatic heterocycles. The molecule has 0 spiro atoms. The second-order valence-corrected chi connectivity index (χ2v) is 6.75. The van der Waals surface area contributed by atoms with E-state index in [0.717, 1.165) is 13.1 Å². The highest BCUT2D eigenvalue weighted by molar-refractivity contribution is 5.98. The SMILES string of the molecule is COC1(C(=O)Nc2ccc(C(=O)NCc3ccccc3F)cc2)CCNCC1.Cl. The molecule has 2 aromatic rings. The summed E-state index contributed by atoms with van der Waals surface area (Å²) in [5.74, 6) is -0.855. The lowest BCUT2D eigenvalue weighted by molar-refractivity contribution is -0.140. The number of piperidine rings is 1. The Labute approximate surface area is 175 Å². The van der Waals surface area contributed by atoms with E-state index in [1.165, 1.54) is 6.07 Å². The van der Waals surface area contributed by atoms with Gasteiger partial charge in [-0.05, 0) is 56.3 Å². The summed E-state index contributed by atoms with van der Waals surface area (Å²) >= 11 is 0. The predicted octanol–water partition coefficient (Wildman–Crippen LogP) is 2.88. The van der Waals surface area contributed by atoms with E-state index in [1.54, 1.807) is 49.6 Å². The summed E-state index contributed by atoms with van der Waals surface area (Å²) in [6.45, 7) is 1.55. The summed E-state index contributed by atoms with van der Waals surface area (Å²) in [6, 6.07) is 12.9. The third kappa shape index (κ3) is 5.53. The van der Waals surface area contributed by atoms with Crippen LogP contribution in [0, 0.1) is 5.82 Å². The van der Waals surface area contributed by atoms with Crippen molar-refractivity contribution in [2.45, 2.75) is 25.0 Å². The Kier molecular flexibility index (Phi) is 8.13. The lowest BCUT2D eigenvalue weighted by Crippen LogP contribution is -2.51. The number of benzene rings is 2. The number of halogens is 2. The molecule has 0 radical (unpaired) electrons. The average Bonchev–Trinajstić information content (AvgIpc) is 2.74. The summed E-state index contributed by atoms with van der Waals surface area (Å²) in [6.07, 6.45) is 1.21. The van der Waals surface area contributed by atoms with Crippen molar-refractivity contribution >= 4 is 29.9 Å². The van der Waals surface area contributed by atoms with Crippen molar-refractivity contribution < 1.29 is 18.7 Å². The Morgan fingerprint density at radius 2 is 1.76 bits per heavy atom. The van der Waals surface area contributed by atoms with Gasteiger partial charge < -0.3 is 20.7 Å². The third-order valence-electron chi connectivity index (χ3n) is 5.02. The highest BCUT2D eigenvalue weighted by atomic mass is 35.5. The van der Waals surface area contributed by atoms with E-state index in [-0.39, 0.29) is 36.6 Å². The van der Waals surface area contributed by atoms with Crippen molar-refractivity contribution in [1.29, 1.82) is 0 Å². The average molecular weight is 422 g/mol. The first-order valence-electron chi connectivity index (χ1n) is 9.23. The standard InChI is InChI=1S/C21H24FN3O3.ClH/c1-28-21(10-12-23-13-11-21)20(27)25-17-8-6-15(7-9-17)19(26)24-14-16-4-2-3-5-18(16)22;/h2-9,23H,10-14H2,1H3,(H,24,26)(H,25,27);1H. The minimum absolute atomic E-state index is 0. The van der Waals surface area contributed by atoms with E-state index in [4.69, 9.17) is 4.74 Å². The highest BCUT2D eigenvalue weighted by Gasteiger charge is 2.39. The minimum Gasteiger partial charge on any atom is -0.368 e. The molecule has 6 nitrogen and oxygen atoms in total. The maximum atomic E-state index is 13.6. The molecule has 0 saturated carbocycles. The molecule has 1 aliphatic rings. The maximum absolute atomic E-state index is 13.6. The van der Waals surface area contributed by atoms with E-state index < -0.39 is 5.60 Å². The van der Waals surface area contributed by atoms with Crippen LogP contribution in [0.1, 0.15) is 28.8 Å². The van der Waals surface area contributed by atoms with Crippen LogP contribution >= 0.6 is 12.4 Å². The zero-order valence-corrected chi connectivity index (χ0v) is 17.0. The quantitative estimate of drug-likeness (QED) is 0.670. The number of carbonyl (C=O) groups is 2. The number of amides is 2. The zero-order valence-electron chi connectivity index (χ0n) is 16.2. The zero-order chi connectivity index (χ0) is 20.0. The summed E-state index contributed by atoms with van der Waals surface area (Å²) in [4.78, 5) is 24.9. The Morgan fingerprint density at radius 3 is 2.38 bits per heavy atom. The van der Waals surface area contributed by atoms with Gasteiger partial charge in [-0.15, -0.1) is 12.4 Å². The summed E-state index contributed by atoms with van der Waals surface area (Å²) in [5, 5.41) is 8.76. The van der Waals surface area contributed by atoms with Crippen molar-refractivity contribution in [3.05, 3.63) is 65.5 Å². The first-order chi connectivity index (χ1) is 13.5. The van der Waals surface area contributed by atoms with Gasteiger partial charge in [-0.25, -0.2) is 4.39 Å². The molecule has 1 fully saturated rings. The van der Waals surface area contributed by atoms with Crippen LogP contribution in [0.25, 0.3) is 0 Å². The first kappa shape index (κ1) is 22.8. The van der Waals surface area contributed by atoms with Gasteiger partial charge in [0.2, 0.25) is 0 Å². The molecule has 29 heavy (non-hydrogen) atoms. The molecule has 3 rings (SSSR count). The van der Waals surface area contributed by atoms with Gasteiger partial charge in [0.05, 0.1) is 0 Å². The molecule has 0 aromatic heterocycles. The summed E-state index contributed by atoms with van der Waals surface area (Å²) in [7, 11) is 1.55. The summed E-state index contributed by atoms with van der Waals surface area (Å²) in [5.41, 5.74) is 0.607. The van der Waals surface area contributed by atoms with Crippen molar-refractivity contribution in [2.24, 2.45) is 0 Å². The molecule has 0 aliphatic carbocycles. The van der Waals surface area contributed by atoms with E-state index in [0.29, 0.717) is 29.7 Å². The molecular weight excluding hydrogens is 397 g/mol. The smallest absolute Gasteiger partial charge is 0.256 e. The number of ether oxygens (including phenoxy) is 1. The fraction of sp³-hybridized carbons (Fsp3) is 0.333. The van der Waals surface area contributed by atoms with Gasteiger partial charge in [-0.3, -0.25) is 9.59 Å². The first-order valence-corrected chi connectivity index (χ1v) is 9.23. The van der Waals surface area contributed by atoms with Crippen LogP contribution in [0.15, 0.2) is 48.5 Å².